The first kappa shape index (κ1) is 16.8. The van der Waals surface area contributed by atoms with Crippen molar-refractivity contribution in [2.75, 3.05) is 18.0 Å². The Morgan fingerprint density at radius 2 is 2.05 bits per heavy atom. The highest BCUT2D eigenvalue weighted by atomic mass is 16.2. The van der Waals surface area contributed by atoms with E-state index in [2.05, 4.69) is 16.9 Å². The molecule has 0 heterocycles. The van der Waals surface area contributed by atoms with Crippen LogP contribution in [-0.4, -0.2) is 25.1 Å². The largest absolute Gasteiger partial charge is 0.370 e. The van der Waals surface area contributed by atoms with Crippen LogP contribution < -0.4 is 16.0 Å². The predicted molar refractivity (Wildman–Crippen MR) is 88.8 cm³/mol. The van der Waals surface area contributed by atoms with Crippen LogP contribution in [0, 0.1) is 13.8 Å². The number of nitrogens with one attached hydrogen (secondary N) is 1. The van der Waals surface area contributed by atoms with E-state index in [1.54, 1.807) is 11.0 Å². The molecule has 1 aromatic carbocycles. The number of hydrogen-bond donors (Lipinski definition) is 2. The van der Waals surface area contributed by atoms with Gasteiger partial charge in [0.15, 0.2) is 5.96 Å². The highest BCUT2D eigenvalue weighted by Gasteiger charge is 2.19. The number of carbonyl (C=O) groups is 1. The summed E-state index contributed by atoms with van der Waals surface area (Å²) in [5.41, 5.74) is 8.73. The number of nitrogens with two attached hydrogens (primary N) is 1. The summed E-state index contributed by atoms with van der Waals surface area (Å²) >= 11 is 0. The summed E-state index contributed by atoms with van der Waals surface area (Å²) in [6.07, 6.45) is 2.47. The van der Waals surface area contributed by atoms with Gasteiger partial charge in [0.05, 0.1) is 12.2 Å². The van der Waals surface area contributed by atoms with Crippen molar-refractivity contribution >= 4 is 17.7 Å². The number of urea groups is 1. The molecule has 0 saturated heterocycles. The van der Waals surface area contributed by atoms with Crippen LogP contribution in [0.3, 0.4) is 0 Å². The first-order valence-corrected chi connectivity index (χ1v) is 7.06. The van der Waals surface area contributed by atoms with Crippen molar-refractivity contribution in [3.05, 3.63) is 42.0 Å². The van der Waals surface area contributed by atoms with Crippen molar-refractivity contribution in [1.29, 1.82) is 0 Å². The van der Waals surface area contributed by atoms with E-state index in [1.165, 1.54) is 0 Å². The molecule has 0 unspecified atom stereocenters. The van der Waals surface area contributed by atoms with Crippen LogP contribution in [0.4, 0.5) is 10.5 Å². The maximum atomic E-state index is 12.4. The number of rotatable bonds is 5. The number of aryl methyl sites for hydroxylation is 2. The Balaban J connectivity index is 3.01. The number of amides is 2. The maximum absolute atomic E-state index is 12.4. The first-order chi connectivity index (χ1) is 10.0. The van der Waals surface area contributed by atoms with E-state index >= 15 is 0 Å². The smallest absolute Gasteiger partial charge is 0.328 e. The molecule has 0 atom stereocenters. The van der Waals surface area contributed by atoms with Gasteiger partial charge in [-0.1, -0.05) is 31.2 Å². The predicted octanol–water partition coefficient (Wildman–Crippen LogP) is 2.73. The van der Waals surface area contributed by atoms with Crippen LogP contribution in [-0.2, 0) is 0 Å². The van der Waals surface area contributed by atoms with Crippen molar-refractivity contribution in [3.8, 4) is 0 Å². The lowest BCUT2D eigenvalue weighted by atomic mass is 10.1. The summed E-state index contributed by atoms with van der Waals surface area (Å²) in [5.74, 6) is 0.104. The fourth-order valence-electron chi connectivity index (χ4n) is 2.15. The maximum Gasteiger partial charge on any atom is 0.328 e. The Bertz CT molecular complexity index is 517. The Morgan fingerprint density at radius 1 is 1.43 bits per heavy atom. The summed E-state index contributed by atoms with van der Waals surface area (Å²) in [6, 6.07) is 5.70. The fraction of sp³-hybridized carbons (Fsp3) is 0.375. The molecule has 0 spiro atoms. The van der Waals surface area contributed by atoms with Crippen LogP contribution >= 0.6 is 0 Å². The molecule has 0 aliphatic heterocycles. The highest BCUT2D eigenvalue weighted by molar-refractivity contribution is 6.04. The SMILES string of the molecule is C=CCN=C(N)NC(=O)N(CCC)c1c(C)cccc1C. The number of hydrogen-bond acceptors (Lipinski definition) is 2. The van der Waals surface area contributed by atoms with E-state index in [9.17, 15) is 4.79 Å². The lowest BCUT2D eigenvalue weighted by Crippen LogP contribution is -2.47. The van der Waals surface area contributed by atoms with Crippen LogP contribution in [0.2, 0.25) is 0 Å². The minimum Gasteiger partial charge on any atom is -0.370 e. The molecule has 0 fully saturated rings. The third-order valence-corrected chi connectivity index (χ3v) is 3.03. The zero-order valence-corrected chi connectivity index (χ0v) is 13.0. The van der Waals surface area contributed by atoms with Crippen LogP contribution in [0.25, 0.3) is 0 Å². The van der Waals surface area contributed by atoms with Gasteiger partial charge in [-0.3, -0.25) is 10.2 Å². The quantitative estimate of drug-likeness (QED) is 0.497. The molecule has 2 amide bonds. The number of benzene rings is 1. The van der Waals surface area contributed by atoms with E-state index in [1.807, 2.05) is 39.0 Å². The summed E-state index contributed by atoms with van der Waals surface area (Å²) in [4.78, 5) is 18.1. The third kappa shape index (κ3) is 4.63. The normalized spacial score (nSPS) is 11.1. The van der Waals surface area contributed by atoms with Crippen molar-refractivity contribution in [2.45, 2.75) is 27.2 Å². The average Bonchev–Trinajstić information content (AvgIpc) is 2.43. The number of nitrogens with zero attached hydrogens (tertiary/aromatic N) is 2. The zero-order chi connectivity index (χ0) is 15.8. The molecule has 5 heteroatoms. The lowest BCUT2D eigenvalue weighted by Gasteiger charge is -2.26. The molecule has 0 aromatic heterocycles. The minimum atomic E-state index is -0.264. The highest BCUT2D eigenvalue weighted by Crippen LogP contribution is 2.24. The van der Waals surface area contributed by atoms with Gasteiger partial charge >= 0.3 is 6.03 Å². The lowest BCUT2D eigenvalue weighted by molar-refractivity contribution is 0.250. The van der Waals surface area contributed by atoms with Gasteiger partial charge in [-0.2, -0.15) is 0 Å². The average molecular weight is 288 g/mol. The second kappa shape index (κ2) is 8.09. The molecule has 3 N–H and O–H groups in total. The van der Waals surface area contributed by atoms with Gasteiger partial charge in [0.1, 0.15) is 0 Å². The Hall–Kier alpha value is -2.30. The van der Waals surface area contributed by atoms with Crippen molar-refractivity contribution < 1.29 is 4.79 Å². The minimum absolute atomic E-state index is 0.104. The first-order valence-electron chi connectivity index (χ1n) is 7.06. The van der Waals surface area contributed by atoms with Crippen LogP contribution in [0.1, 0.15) is 24.5 Å². The standard InChI is InChI=1S/C16H24N4O/c1-5-10-18-15(17)19-16(21)20(11-6-2)14-12(3)8-7-9-13(14)4/h5,7-9H,1,6,10-11H2,2-4H3,(H3,17,18,19,21). The molecule has 5 nitrogen and oxygen atoms in total. The molecular formula is C16H24N4O. The number of carbonyl (C=O) groups excluding carboxylic acids is 1. The van der Waals surface area contributed by atoms with Gasteiger partial charge in [0.25, 0.3) is 0 Å². The summed E-state index contributed by atoms with van der Waals surface area (Å²) in [7, 11) is 0. The molecular weight excluding hydrogens is 264 g/mol. The Morgan fingerprint density at radius 3 is 2.57 bits per heavy atom. The van der Waals surface area contributed by atoms with Crippen LogP contribution in [0.15, 0.2) is 35.8 Å². The summed E-state index contributed by atoms with van der Waals surface area (Å²) < 4.78 is 0. The monoisotopic (exact) mass is 288 g/mol. The number of anilines is 1. The topological polar surface area (TPSA) is 70.7 Å². The van der Waals surface area contributed by atoms with Crippen LogP contribution in [0.5, 0.6) is 0 Å². The van der Waals surface area contributed by atoms with E-state index < -0.39 is 0 Å². The molecule has 0 radical (unpaired) electrons. The summed E-state index contributed by atoms with van der Waals surface area (Å²) in [5, 5.41) is 2.62. The molecule has 0 bridgehead atoms. The van der Waals surface area contributed by atoms with Gasteiger partial charge in [0.2, 0.25) is 0 Å². The zero-order valence-electron chi connectivity index (χ0n) is 13.0. The van der Waals surface area contributed by atoms with E-state index in [0.717, 1.165) is 23.2 Å². The number of aliphatic imine (C=N–C) groups is 1. The molecule has 0 aliphatic rings. The van der Waals surface area contributed by atoms with Gasteiger partial charge in [-0.25, -0.2) is 9.79 Å². The third-order valence-electron chi connectivity index (χ3n) is 3.03. The van der Waals surface area contributed by atoms with Crippen molar-refractivity contribution in [2.24, 2.45) is 10.7 Å². The van der Waals surface area contributed by atoms with Gasteiger partial charge in [-0.15, -0.1) is 6.58 Å². The number of para-hydroxylation sites is 1. The van der Waals surface area contributed by atoms with Crippen molar-refractivity contribution in [1.82, 2.24) is 5.32 Å². The fourth-order valence-corrected chi connectivity index (χ4v) is 2.15. The van der Waals surface area contributed by atoms with Gasteiger partial charge in [-0.05, 0) is 31.4 Å². The Labute approximate surface area is 126 Å². The van der Waals surface area contributed by atoms with E-state index in [4.69, 9.17) is 5.73 Å². The molecule has 1 aromatic rings. The molecule has 0 saturated carbocycles. The molecule has 21 heavy (non-hydrogen) atoms. The second-order valence-electron chi connectivity index (χ2n) is 4.84. The summed E-state index contributed by atoms with van der Waals surface area (Å²) in [6.45, 7) is 10.6. The molecule has 1 rings (SSSR count). The Kier molecular flexibility index (Phi) is 6.46. The van der Waals surface area contributed by atoms with E-state index in [-0.39, 0.29) is 12.0 Å². The second-order valence-corrected chi connectivity index (χ2v) is 4.84. The molecule has 0 aliphatic carbocycles. The molecule has 114 valence electrons. The van der Waals surface area contributed by atoms with Gasteiger partial charge in [0, 0.05) is 6.54 Å². The number of guanidine groups is 1. The van der Waals surface area contributed by atoms with Crippen molar-refractivity contribution in [3.63, 3.8) is 0 Å². The van der Waals surface area contributed by atoms with E-state index in [0.29, 0.717) is 13.1 Å². The van der Waals surface area contributed by atoms with Gasteiger partial charge < -0.3 is 5.73 Å².